The molecule has 4 rings (SSSR count). The van der Waals surface area contributed by atoms with E-state index in [1.807, 2.05) is 86.6 Å². The van der Waals surface area contributed by atoms with Gasteiger partial charge in [0.2, 0.25) is 5.91 Å². The number of rotatable bonds is 8. The fourth-order valence-electron chi connectivity index (χ4n) is 3.82. The molecule has 0 saturated heterocycles. The van der Waals surface area contributed by atoms with E-state index in [1.165, 1.54) is 11.8 Å². The summed E-state index contributed by atoms with van der Waals surface area (Å²) in [6.07, 6.45) is 0. The van der Waals surface area contributed by atoms with Crippen LogP contribution in [-0.2, 0) is 9.53 Å². The van der Waals surface area contributed by atoms with Crippen molar-refractivity contribution < 1.29 is 9.53 Å². The Bertz CT molecular complexity index is 1350. The Morgan fingerprint density at radius 2 is 1.68 bits per heavy atom. The lowest BCUT2D eigenvalue weighted by molar-refractivity contribution is -0.115. The maximum atomic E-state index is 13.3. The number of carbonyl (C=O) groups is 1. The molecule has 2 atom stereocenters. The summed E-state index contributed by atoms with van der Waals surface area (Å²) < 4.78 is 6.91. The number of methoxy groups -OCH3 is 1. The molecule has 0 fully saturated rings. The first kappa shape index (κ1) is 23.7. The van der Waals surface area contributed by atoms with Gasteiger partial charge in [-0.15, -0.1) is 0 Å². The zero-order valence-electron chi connectivity index (χ0n) is 19.4. The van der Waals surface area contributed by atoms with E-state index in [0.29, 0.717) is 22.7 Å². The van der Waals surface area contributed by atoms with Crippen LogP contribution in [0.2, 0.25) is 0 Å². The molecule has 3 aromatic carbocycles. The average molecular weight is 474 g/mol. The van der Waals surface area contributed by atoms with Crippen molar-refractivity contribution in [1.29, 1.82) is 0 Å². The van der Waals surface area contributed by atoms with E-state index >= 15 is 0 Å². The summed E-state index contributed by atoms with van der Waals surface area (Å²) in [5, 5.41) is 3.60. The number of anilines is 1. The van der Waals surface area contributed by atoms with Gasteiger partial charge in [-0.1, -0.05) is 72.4 Å². The fraction of sp³-hybridized carbons (Fsp3) is 0.222. The Hall–Kier alpha value is -3.42. The lowest BCUT2D eigenvalue weighted by Crippen LogP contribution is -2.30. The van der Waals surface area contributed by atoms with Gasteiger partial charge in [-0.25, -0.2) is 4.98 Å². The number of hydrogen-bond donors (Lipinski definition) is 1. The number of fused-ring (bicyclic) bond motifs is 1. The van der Waals surface area contributed by atoms with E-state index in [2.05, 4.69) is 5.32 Å². The largest absolute Gasteiger partial charge is 0.383 e. The van der Waals surface area contributed by atoms with E-state index in [9.17, 15) is 9.59 Å². The van der Waals surface area contributed by atoms with E-state index in [0.717, 1.165) is 16.8 Å². The van der Waals surface area contributed by atoms with E-state index in [4.69, 9.17) is 9.72 Å². The Kier molecular flexibility index (Phi) is 7.45. The van der Waals surface area contributed by atoms with Gasteiger partial charge in [0, 0.05) is 18.4 Å². The van der Waals surface area contributed by atoms with Crippen molar-refractivity contribution in [2.45, 2.75) is 30.3 Å². The maximum absolute atomic E-state index is 13.3. The third-order valence-corrected chi connectivity index (χ3v) is 6.61. The van der Waals surface area contributed by atoms with Crippen LogP contribution < -0.4 is 10.9 Å². The third-order valence-electron chi connectivity index (χ3n) is 5.55. The molecule has 1 heterocycles. The molecule has 0 aliphatic carbocycles. The van der Waals surface area contributed by atoms with Crippen LogP contribution in [0.5, 0.6) is 0 Å². The number of carbonyl (C=O) groups excluding carboxylic acids is 1. The highest BCUT2D eigenvalue weighted by Crippen LogP contribution is 2.30. The number of para-hydroxylation sites is 2. The molecule has 4 aromatic rings. The normalized spacial score (nSPS) is 12.9. The summed E-state index contributed by atoms with van der Waals surface area (Å²) in [6.45, 7) is 4.09. The number of nitrogens with one attached hydrogen (secondary N) is 1. The number of amides is 1. The minimum atomic E-state index is -0.488. The van der Waals surface area contributed by atoms with E-state index in [-0.39, 0.29) is 17.5 Å². The fourth-order valence-corrected chi connectivity index (χ4v) is 4.83. The highest BCUT2D eigenvalue weighted by atomic mass is 32.2. The summed E-state index contributed by atoms with van der Waals surface area (Å²) in [5.41, 5.74) is 3.18. The maximum Gasteiger partial charge on any atom is 0.262 e. The molecule has 0 aliphatic rings. The van der Waals surface area contributed by atoms with Crippen molar-refractivity contribution in [3.8, 4) is 11.1 Å². The molecule has 174 valence electrons. The molecule has 1 amide bonds. The topological polar surface area (TPSA) is 73.2 Å². The molecule has 34 heavy (non-hydrogen) atoms. The quantitative estimate of drug-likeness (QED) is 0.274. The monoisotopic (exact) mass is 473 g/mol. The molecular formula is C27H27N3O3S. The van der Waals surface area contributed by atoms with Crippen molar-refractivity contribution >= 4 is 34.3 Å². The Labute approximate surface area is 203 Å². The Balaban J connectivity index is 1.63. The van der Waals surface area contributed by atoms with Gasteiger partial charge in [-0.05, 0) is 37.6 Å². The molecule has 0 radical (unpaired) electrons. The number of benzene rings is 3. The van der Waals surface area contributed by atoms with Crippen LogP contribution in [0.1, 0.15) is 19.9 Å². The molecular weight excluding hydrogens is 446 g/mol. The molecule has 7 heteroatoms. The lowest BCUT2D eigenvalue weighted by atomic mass is 10.0. The second-order valence-electron chi connectivity index (χ2n) is 8.05. The Morgan fingerprint density at radius 3 is 2.44 bits per heavy atom. The molecule has 6 nitrogen and oxygen atoms in total. The van der Waals surface area contributed by atoms with Crippen molar-refractivity contribution in [3.05, 3.63) is 89.2 Å². The number of ether oxygens (including phenoxy) is 1. The average Bonchev–Trinajstić information content (AvgIpc) is 2.85. The van der Waals surface area contributed by atoms with Crippen LogP contribution in [0.3, 0.4) is 0 Å². The minimum absolute atomic E-state index is 0.139. The zero-order chi connectivity index (χ0) is 24.1. The first-order chi connectivity index (χ1) is 16.5. The Morgan fingerprint density at radius 1 is 1.00 bits per heavy atom. The van der Waals surface area contributed by atoms with Gasteiger partial charge in [0.15, 0.2) is 5.16 Å². The molecule has 1 aromatic heterocycles. The molecule has 0 bridgehead atoms. The van der Waals surface area contributed by atoms with Crippen LogP contribution in [0.4, 0.5) is 5.69 Å². The standard InChI is InChI=1S/C27H27N3O3S/c1-18(17-33-3)30-26(32)22-14-8-10-16-24(22)29-27(30)34-19(2)25(31)28-23-15-9-7-13-21(23)20-11-5-4-6-12-20/h4-16,18-19H,17H2,1-3H3,(H,28,31)/t18-,19+/m0/s1. The third kappa shape index (κ3) is 5.05. The number of aromatic nitrogens is 2. The van der Waals surface area contributed by atoms with E-state index < -0.39 is 5.25 Å². The van der Waals surface area contributed by atoms with Crippen LogP contribution in [0.15, 0.2) is 88.8 Å². The number of thioether (sulfide) groups is 1. The summed E-state index contributed by atoms with van der Waals surface area (Å²) >= 11 is 1.27. The first-order valence-corrected chi connectivity index (χ1v) is 12.0. The number of hydrogen-bond acceptors (Lipinski definition) is 5. The van der Waals surface area contributed by atoms with Gasteiger partial charge in [0.05, 0.1) is 28.8 Å². The highest BCUT2D eigenvalue weighted by Gasteiger charge is 2.22. The van der Waals surface area contributed by atoms with Crippen molar-refractivity contribution in [3.63, 3.8) is 0 Å². The van der Waals surface area contributed by atoms with E-state index in [1.54, 1.807) is 17.7 Å². The van der Waals surface area contributed by atoms with Gasteiger partial charge in [0.25, 0.3) is 5.56 Å². The zero-order valence-corrected chi connectivity index (χ0v) is 20.2. The smallest absolute Gasteiger partial charge is 0.262 e. The van der Waals surface area contributed by atoms with Crippen molar-refractivity contribution in [2.24, 2.45) is 0 Å². The lowest BCUT2D eigenvalue weighted by Gasteiger charge is -2.21. The van der Waals surface area contributed by atoms with Crippen LogP contribution in [-0.4, -0.2) is 34.4 Å². The van der Waals surface area contributed by atoms with Gasteiger partial charge < -0.3 is 10.1 Å². The second-order valence-corrected chi connectivity index (χ2v) is 9.36. The molecule has 1 N–H and O–H groups in total. The summed E-state index contributed by atoms with van der Waals surface area (Å²) in [6, 6.07) is 24.7. The predicted molar refractivity (Wildman–Crippen MR) is 138 cm³/mol. The summed E-state index contributed by atoms with van der Waals surface area (Å²) in [7, 11) is 1.60. The first-order valence-electron chi connectivity index (χ1n) is 11.1. The van der Waals surface area contributed by atoms with Gasteiger partial charge in [-0.3, -0.25) is 14.2 Å². The molecule has 0 spiro atoms. The minimum Gasteiger partial charge on any atom is -0.383 e. The predicted octanol–water partition coefficient (Wildman–Crippen LogP) is 5.39. The van der Waals surface area contributed by atoms with Crippen LogP contribution in [0.25, 0.3) is 22.0 Å². The molecule has 0 saturated carbocycles. The van der Waals surface area contributed by atoms with Crippen molar-refractivity contribution in [2.75, 3.05) is 19.0 Å². The van der Waals surface area contributed by atoms with Crippen LogP contribution >= 0.6 is 11.8 Å². The summed E-state index contributed by atoms with van der Waals surface area (Å²) in [4.78, 5) is 31.2. The van der Waals surface area contributed by atoms with Gasteiger partial charge in [0.1, 0.15) is 0 Å². The second kappa shape index (κ2) is 10.7. The number of nitrogens with zero attached hydrogens (tertiary/aromatic N) is 2. The van der Waals surface area contributed by atoms with Gasteiger partial charge >= 0.3 is 0 Å². The SMILES string of the molecule is COC[C@H](C)n1c(S[C@H](C)C(=O)Nc2ccccc2-c2ccccc2)nc2ccccc2c1=O. The van der Waals surface area contributed by atoms with Crippen molar-refractivity contribution in [1.82, 2.24) is 9.55 Å². The highest BCUT2D eigenvalue weighted by molar-refractivity contribution is 8.00. The molecule has 0 unspecified atom stereocenters. The molecule has 0 aliphatic heterocycles. The van der Waals surface area contributed by atoms with Gasteiger partial charge in [-0.2, -0.15) is 0 Å². The summed E-state index contributed by atoms with van der Waals surface area (Å²) in [5.74, 6) is -0.165. The van der Waals surface area contributed by atoms with Crippen LogP contribution in [0, 0.1) is 0 Å².